The van der Waals surface area contributed by atoms with Crippen LogP contribution in [-0.2, 0) is 0 Å². The SMILES string of the molecule is Cc1cc(NSNc2ccccc2)no1. The molecule has 0 amide bonds. The van der Waals surface area contributed by atoms with Gasteiger partial charge in [0, 0.05) is 11.8 Å². The van der Waals surface area contributed by atoms with Gasteiger partial charge in [-0.25, -0.2) is 0 Å². The summed E-state index contributed by atoms with van der Waals surface area (Å²) in [4.78, 5) is 0. The van der Waals surface area contributed by atoms with E-state index in [-0.39, 0.29) is 0 Å². The summed E-state index contributed by atoms with van der Waals surface area (Å²) in [5.41, 5.74) is 1.04. The molecule has 2 rings (SSSR count). The molecule has 0 bridgehead atoms. The highest BCUT2D eigenvalue weighted by Gasteiger charge is 1.98. The highest BCUT2D eigenvalue weighted by Crippen LogP contribution is 2.15. The Bertz CT molecular complexity index is 416. The number of anilines is 2. The van der Waals surface area contributed by atoms with E-state index in [0.29, 0.717) is 5.82 Å². The van der Waals surface area contributed by atoms with E-state index in [1.54, 1.807) is 0 Å². The van der Waals surface area contributed by atoms with Crippen molar-refractivity contribution in [3.05, 3.63) is 42.2 Å². The van der Waals surface area contributed by atoms with Crippen molar-refractivity contribution in [2.24, 2.45) is 0 Å². The molecule has 1 aromatic carbocycles. The van der Waals surface area contributed by atoms with Crippen molar-refractivity contribution in [2.75, 3.05) is 9.44 Å². The molecule has 0 spiro atoms. The maximum absolute atomic E-state index is 4.91. The molecule has 0 aliphatic rings. The number of nitrogens with zero attached hydrogens (tertiary/aromatic N) is 1. The lowest BCUT2D eigenvalue weighted by Crippen LogP contribution is -1.93. The van der Waals surface area contributed by atoms with Gasteiger partial charge in [0.25, 0.3) is 0 Å². The molecule has 2 N–H and O–H groups in total. The monoisotopic (exact) mass is 221 g/mol. The molecular formula is C10H11N3OS. The molecule has 15 heavy (non-hydrogen) atoms. The summed E-state index contributed by atoms with van der Waals surface area (Å²) in [5, 5.41) is 3.80. The summed E-state index contributed by atoms with van der Waals surface area (Å²) < 4.78 is 11.1. The molecule has 0 atom stereocenters. The quantitative estimate of drug-likeness (QED) is 0.777. The number of benzene rings is 1. The highest BCUT2D eigenvalue weighted by molar-refractivity contribution is 8.01. The van der Waals surface area contributed by atoms with Gasteiger partial charge in [0.2, 0.25) is 0 Å². The number of nitrogens with one attached hydrogen (secondary N) is 2. The van der Waals surface area contributed by atoms with Crippen molar-refractivity contribution in [1.82, 2.24) is 5.16 Å². The second-order valence-corrected chi connectivity index (χ2v) is 3.61. The second-order valence-electron chi connectivity index (χ2n) is 3.00. The zero-order chi connectivity index (χ0) is 10.5. The van der Waals surface area contributed by atoms with Crippen molar-refractivity contribution >= 4 is 23.6 Å². The van der Waals surface area contributed by atoms with Crippen molar-refractivity contribution in [2.45, 2.75) is 6.92 Å². The van der Waals surface area contributed by atoms with Crippen LogP contribution in [0.15, 0.2) is 40.9 Å². The van der Waals surface area contributed by atoms with E-state index in [1.165, 1.54) is 12.1 Å². The minimum atomic E-state index is 0.709. The normalized spacial score (nSPS) is 9.93. The Morgan fingerprint density at radius 1 is 1.20 bits per heavy atom. The van der Waals surface area contributed by atoms with Crippen LogP contribution in [0.4, 0.5) is 11.5 Å². The molecule has 0 saturated carbocycles. The molecule has 78 valence electrons. The number of hydrogen-bond donors (Lipinski definition) is 2. The molecule has 5 heteroatoms. The van der Waals surface area contributed by atoms with Gasteiger partial charge < -0.3 is 9.25 Å². The van der Waals surface area contributed by atoms with E-state index in [4.69, 9.17) is 4.52 Å². The largest absolute Gasteiger partial charge is 0.360 e. The fourth-order valence-electron chi connectivity index (χ4n) is 1.06. The van der Waals surface area contributed by atoms with Gasteiger partial charge in [-0.1, -0.05) is 23.4 Å². The van der Waals surface area contributed by atoms with Gasteiger partial charge in [0.15, 0.2) is 5.82 Å². The molecule has 0 aliphatic carbocycles. The summed E-state index contributed by atoms with van der Waals surface area (Å²) in [6.07, 6.45) is 0. The van der Waals surface area contributed by atoms with Gasteiger partial charge in [-0.3, -0.25) is 4.72 Å². The van der Waals surface area contributed by atoms with Crippen LogP contribution in [0.3, 0.4) is 0 Å². The fourth-order valence-corrected chi connectivity index (χ4v) is 1.56. The van der Waals surface area contributed by atoms with Crippen LogP contribution in [0, 0.1) is 6.92 Å². The number of aryl methyl sites for hydroxylation is 1. The molecule has 0 unspecified atom stereocenters. The fraction of sp³-hybridized carbons (Fsp3) is 0.100. The van der Waals surface area contributed by atoms with Gasteiger partial charge in [-0.05, 0) is 19.1 Å². The van der Waals surface area contributed by atoms with Crippen LogP contribution >= 0.6 is 12.1 Å². The van der Waals surface area contributed by atoms with Gasteiger partial charge >= 0.3 is 0 Å². The van der Waals surface area contributed by atoms with Crippen molar-refractivity contribution < 1.29 is 4.52 Å². The third-order valence-electron chi connectivity index (χ3n) is 1.73. The first kappa shape index (κ1) is 9.92. The lowest BCUT2D eigenvalue weighted by Gasteiger charge is -2.03. The molecule has 0 fully saturated rings. The number of para-hydroxylation sites is 1. The molecule has 0 radical (unpaired) electrons. The van der Waals surface area contributed by atoms with Crippen LogP contribution < -0.4 is 9.44 Å². The standard InChI is InChI=1S/C10H11N3OS/c1-8-7-10(11-14-8)13-15-12-9-5-3-2-4-6-9/h2-7,12H,1H3,(H,11,13). The first-order chi connectivity index (χ1) is 7.34. The zero-order valence-corrected chi connectivity index (χ0v) is 9.04. The van der Waals surface area contributed by atoms with E-state index in [0.717, 1.165) is 11.4 Å². The average molecular weight is 221 g/mol. The van der Waals surface area contributed by atoms with E-state index in [1.807, 2.05) is 43.3 Å². The van der Waals surface area contributed by atoms with Crippen LogP contribution in [-0.4, -0.2) is 5.16 Å². The highest BCUT2D eigenvalue weighted by atomic mass is 32.2. The number of hydrogen-bond acceptors (Lipinski definition) is 5. The molecule has 0 aliphatic heterocycles. The van der Waals surface area contributed by atoms with Crippen LogP contribution in [0.5, 0.6) is 0 Å². The summed E-state index contributed by atoms with van der Waals surface area (Å²) in [7, 11) is 0. The Kier molecular flexibility index (Phi) is 3.14. The van der Waals surface area contributed by atoms with E-state index >= 15 is 0 Å². The van der Waals surface area contributed by atoms with Crippen molar-refractivity contribution in [1.29, 1.82) is 0 Å². The molecule has 1 heterocycles. The molecule has 0 saturated heterocycles. The van der Waals surface area contributed by atoms with Crippen LogP contribution in [0.1, 0.15) is 5.76 Å². The topological polar surface area (TPSA) is 50.1 Å². The lowest BCUT2D eigenvalue weighted by atomic mass is 10.3. The average Bonchev–Trinajstić information content (AvgIpc) is 2.66. The Hall–Kier alpha value is -1.62. The Labute approximate surface area is 92.3 Å². The Balaban J connectivity index is 1.80. The third-order valence-corrected chi connectivity index (χ3v) is 2.38. The van der Waals surface area contributed by atoms with Crippen LogP contribution in [0.2, 0.25) is 0 Å². The molecule has 1 aromatic heterocycles. The van der Waals surface area contributed by atoms with Gasteiger partial charge in [-0.2, -0.15) is 0 Å². The maximum Gasteiger partial charge on any atom is 0.180 e. The Morgan fingerprint density at radius 3 is 2.67 bits per heavy atom. The number of rotatable bonds is 4. The summed E-state index contributed by atoms with van der Waals surface area (Å²) >= 11 is 1.35. The molecular weight excluding hydrogens is 210 g/mol. The van der Waals surface area contributed by atoms with E-state index in [9.17, 15) is 0 Å². The van der Waals surface area contributed by atoms with Crippen molar-refractivity contribution in [3.8, 4) is 0 Å². The Morgan fingerprint density at radius 2 is 2.00 bits per heavy atom. The first-order valence-electron chi connectivity index (χ1n) is 4.51. The summed E-state index contributed by atoms with van der Waals surface area (Å²) in [6.45, 7) is 1.85. The minimum absolute atomic E-state index is 0.709. The maximum atomic E-state index is 4.91. The van der Waals surface area contributed by atoms with Gasteiger partial charge in [0.05, 0.1) is 12.1 Å². The minimum Gasteiger partial charge on any atom is -0.360 e. The van der Waals surface area contributed by atoms with Crippen molar-refractivity contribution in [3.63, 3.8) is 0 Å². The summed E-state index contributed by atoms with van der Waals surface area (Å²) in [5.74, 6) is 1.50. The molecule has 4 nitrogen and oxygen atoms in total. The predicted molar refractivity (Wildman–Crippen MR) is 62.5 cm³/mol. The third kappa shape index (κ3) is 2.92. The second kappa shape index (κ2) is 4.75. The first-order valence-corrected chi connectivity index (χ1v) is 5.32. The van der Waals surface area contributed by atoms with Gasteiger partial charge in [0.1, 0.15) is 5.76 Å². The predicted octanol–water partition coefficient (Wildman–Crippen LogP) is 3.07. The molecule has 2 aromatic rings. The lowest BCUT2D eigenvalue weighted by molar-refractivity contribution is 0.400. The van der Waals surface area contributed by atoms with E-state index in [2.05, 4.69) is 14.6 Å². The zero-order valence-electron chi connectivity index (χ0n) is 8.23. The summed E-state index contributed by atoms with van der Waals surface area (Å²) in [6, 6.07) is 11.7. The van der Waals surface area contributed by atoms with Crippen LogP contribution in [0.25, 0.3) is 0 Å². The van der Waals surface area contributed by atoms with E-state index < -0.39 is 0 Å². The van der Waals surface area contributed by atoms with Gasteiger partial charge in [-0.15, -0.1) is 0 Å². The number of aromatic nitrogens is 1. The smallest absolute Gasteiger partial charge is 0.180 e.